The molecule has 2 rings (SSSR count). The Hall–Kier alpha value is -0.710. The van der Waals surface area contributed by atoms with E-state index in [4.69, 9.17) is 28.3 Å². The summed E-state index contributed by atoms with van der Waals surface area (Å²) in [7, 11) is 0. The summed E-state index contributed by atoms with van der Waals surface area (Å²) < 4.78 is 0. The van der Waals surface area contributed by atoms with Crippen molar-refractivity contribution in [2.24, 2.45) is 0 Å². The van der Waals surface area contributed by atoms with Gasteiger partial charge in [-0.15, -0.1) is 0 Å². The first-order valence-corrected chi connectivity index (χ1v) is 6.34. The van der Waals surface area contributed by atoms with Crippen molar-refractivity contribution in [3.8, 4) is 0 Å². The molecule has 0 fully saturated rings. The molecule has 6 heteroatoms. The summed E-state index contributed by atoms with van der Waals surface area (Å²) in [4.78, 5) is 10.8. The first-order chi connectivity index (χ1) is 9.08. The summed E-state index contributed by atoms with van der Waals surface area (Å²) in [5.41, 5.74) is 1.93. The fourth-order valence-corrected chi connectivity index (χ4v) is 2.20. The number of aliphatic carboxylic acids is 1. The third kappa shape index (κ3) is 4.40. The van der Waals surface area contributed by atoms with Crippen LogP contribution in [0.2, 0.25) is 10.0 Å². The molecule has 98 valence electrons. The number of para-hydroxylation sites is 2. The van der Waals surface area contributed by atoms with E-state index in [1.807, 2.05) is 6.07 Å². The van der Waals surface area contributed by atoms with E-state index in [9.17, 15) is 4.79 Å². The monoisotopic (exact) mass is 318 g/mol. The van der Waals surface area contributed by atoms with Crippen molar-refractivity contribution >= 4 is 40.5 Å². The van der Waals surface area contributed by atoms with Gasteiger partial charge in [0.1, 0.15) is 0 Å². The molecule has 0 spiro atoms. The molecule has 0 radical (unpaired) electrons. The summed E-state index contributed by atoms with van der Waals surface area (Å²) in [5.74, 6) is -0.889. The average molecular weight is 319 g/mol. The molecule has 0 bridgehead atoms. The summed E-state index contributed by atoms with van der Waals surface area (Å²) in [6.45, 7) is 0. The molecule has 0 aromatic heterocycles. The Morgan fingerprint density at radius 2 is 1.65 bits per heavy atom. The largest absolute Gasteiger partial charge is 1.00 e. The predicted molar refractivity (Wildman–Crippen MR) is 77.5 cm³/mol. The van der Waals surface area contributed by atoms with Gasteiger partial charge in [-0.1, -0.05) is 47.5 Å². The summed E-state index contributed by atoms with van der Waals surface area (Å²) in [6, 6.07) is 12.3. The van der Waals surface area contributed by atoms with E-state index >= 15 is 0 Å². The maximum absolute atomic E-state index is 10.8. The van der Waals surface area contributed by atoms with Crippen LogP contribution in [0.25, 0.3) is 0 Å². The van der Waals surface area contributed by atoms with Gasteiger partial charge in [-0.3, -0.25) is 4.79 Å². The molecule has 0 amide bonds. The van der Waals surface area contributed by atoms with Crippen molar-refractivity contribution in [1.29, 1.82) is 0 Å². The van der Waals surface area contributed by atoms with Gasteiger partial charge in [-0.25, -0.2) is 0 Å². The van der Waals surface area contributed by atoms with Crippen LogP contribution < -0.4 is 34.9 Å². The van der Waals surface area contributed by atoms with E-state index in [2.05, 4.69) is 5.32 Å². The van der Waals surface area contributed by atoms with E-state index in [1.165, 1.54) is 0 Å². The maximum Gasteiger partial charge on any atom is 1.00 e. The smallest absolute Gasteiger partial charge is 0.481 e. The van der Waals surface area contributed by atoms with Gasteiger partial charge in [0.25, 0.3) is 0 Å². The molecule has 2 N–H and O–H groups in total. The number of hydrogen-bond donors (Lipinski definition) is 2. The van der Waals surface area contributed by atoms with Gasteiger partial charge < -0.3 is 10.4 Å². The minimum Gasteiger partial charge on any atom is -0.481 e. The van der Waals surface area contributed by atoms with Crippen LogP contribution in [0.3, 0.4) is 0 Å². The molecule has 2 aromatic rings. The zero-order chi connectivity index (χ0) is 13.8. The average Bonchev–Trinajstić information content (AvgIpc) is 2.35. The fraction of sp³-hybridized carbons (Fsp3) is 0.0714. The van der Waals surface area contributed by atoms with E-state index in [0.29, 0.717) is 27.0 Å². The second-order valence-electron chi connectivity index (χ2n) is 3.95. The normalized spacial score (nSPS) is 9.70. The zero-order valence-electron chi connectivity index (χ0n) is 10.9. The molecule has 0 aliphatic carbocycles. The number of carboxylic acids is 1. The summed E-state index contributed by atoms with van der Waals surface area (Å²) in [6.07, 6.45) is -0.0642. The van der Waals surface area contributed by atoms with Crippen LogP contribution in [-0.4, -0.2) is 11.1 Å². The standard InChI is InChI=1S/C14H11Cl2NO2.Na/c15-10-5-3-6-11(16)14(10)17-12-7-2-1-4-9(12)8-13(18)19;/h1-7,17H,8H2,(H,18,19);/q;+1. The quantitative estimate of drug-likeness (QED) is 0.837. The number of carbonyl (C=O) groups is 1. The second-order valence-corrected chi connectivity index (χ2v) is 4.76. The number of hydrogen-bond acceptors (Lipinski definition) is 2. The molecule has 0 aliphatic heterocycles. The summed E-state index contributed by atoms with van der Waals surface area (Å²) in [5, 5.41) is 12.9. The molecular formula is C14H11Cl2NNaO2+. The molecule has 0 unspecified atom stereocenters. The Morgan fingerprint density at radius 1 is 1.05 bits per heavy atom. The molecule has 0 aliphatic rings. The molecule has 0 saturated heterocycles. The van der Waals surface area contributed by atoms with Crippen molar-refractivity contribution in [2.45, 2.75) is 6.42 Å². The van der Waals surface area contributed by atoms with Crippen molar-refractivity contribution in [3.05, 3.63) is 58.1 Å². The minimum absolute atomic E-state index is 0. The second kappa shape index (κ2) is 7.91. The number of anilines is 2. The van der Waals surface area contributed by atoms with E-state index in [-0.39, 0.29) is 36.0 Å². The van der Waals surface area contributed by atoms with Crippen molar-refractivity contribution in [2.75, 3.05) is 5.32 Å². The van der Waals surface area contributed by atoms with Crippen molar-refractivity contribution < 1.29 is 39.5 Å². The number of carboxylic acid groups (broad SMARTS) is 1. The third-order valence-electron chi connectivity index (χ3n) is 2.58. The molecule has 0 saturated carbocycles. The van der Waals surface area contributed by atoms with Crippen LogP contribution in [0.15, 0.2) is 42.5 Å². The summed E-state index contributed by atoms with van der Waals surface area (Å²) >= 11 is 12.1. The van der Waals surface area contributed by atoms with Gasteiger partial charge in [-0.2, -0.15) is 0 Å². The molecular weight excluding hydrogens is 308 g/mol. The topological polar surface area (TPSA) is 49.3 Å². The molecule has 2 aromatic carbocycles. The third-order valence-corrected chi connectivity index (χ3v) is 3.21. The van der Waals surface area contributed by atoms with Crippen LogP contribution >= 0.6 is 23.2 Å². The Morgan fingerprint density at radius 3 is 2.25 bits per heavy atom. The Kier molecular flexibility index (Phi) is 6.86. The maximum atomic E-state index is 10.8. The van der Waals surface area contributed by atoms with E-state index in [0.717, 1.165) is 0 Å². The zero-order valence-corrected chi connectivity index (χ0v) is 14.4. The van der Waals surface area contributed by atoms with Gasteiger partial charge in [0.15, 0.2) is 0 Å². The SMILES string of the molecule is O=C(O)Cc1ccccc1Nc1c(Cl)cccc1Cl.[Na+]. The van der Waals surface area contributed by atoms with E-state index in [1.54, 1.807) is 36.4 Å². The van der Waals surface area contributed by atoms with Crippen LogP contribution in [0.4, 0.5) is 11.4 Å². The number of nitrogens with one attached hydrogen (secondary N) is 1. The van der Waals surface area contributed by atoms with Crippen molar-refractivity contribution in [3.63, 3.8) is 0 Å². The van der Waals surface area contributed by atoms with Crippen LogP contribution in [0.1, 0.15) is 5.56 Å². The van der Waals surface area contributed by atoms with Gasteiger partial charge in [0, 0.05) is 5.69 Å². The predicted octanol–water partition coefficient (Wildman–Crippen LogP) is 1.37. The fourth-order valence-electron chi connectivity index (χ4n) is 1.71. The first-order valence-electron chi connectivity index (χ1n) is 5.58. The van der Waals surface area contributed by atoms with Crippen LogP contribution in [0, 0.1) is 0 Å². The minimum atomic E-state index is -0.889. The first kappa shape index (κ1) is 17.3. The van der Waals surface area contributed by atoms with Crippen LogP contribution in [0.5, 0.6) is 0 Å². The van der Waals surface area contributed by atoms with Crippen molar-refractivity contribution in [1.82, 2.24) is 0 Å². The van der Waals surface area contributed by atoms with Gasteiger partial charge in [0.2, 0.25) is 0 Å². The Balaban J connectivity index is 0.00000200. The molecule has 20 heavy (non-hydrogen) atoms. The molecule has 3 nitrogen and oxygen atoms in total. The molecule has 0 atom stereocenters. The number of halogens is 2. The number of benzene rings is 2. The van der Waals surface area contributed by atoms with Gasteiger partial charge in [0.05, 0.1) is 22.2 Å². The van der Waals surface area contributed by atoms with E-state index < -0.39 is 5.97 Å². The molecule has 0 heterocycles. The van der Waals surface area contributed by atoms with Crippen LogP contribution in [-0.2, 0) is 11.2 Å². The van der Waals surface area contributed by atoms with Gasteiger partial charge >= 0.3 is 35.5 Å². The Bertz CT molecular complexity index is 600. The Labute approximate surface area is 149 Å². The number of rotatable bonds is 4. The van der Waals surface area contributed by atoms with Gasteiger partial charge in [-0.05, 0) is 23.8 Å².